The fraction of sp³-hybridized carbons (Fsp3) is 0.933. The largest absolute Gasteiger partial charge is 0.444 e. The summed E-state index contributed by atoms with van der Waals surface area (Å²) in [6.45, 7) is 14.5. The van der Waals surface area contributed by atoms with Crippen LogP contribution in [0.15, 0.2) is 0 Å². The van der Waals surface area contributed by atoms with Gasteiger partial charge in [0.25, 0.3) is 0 Å². The van der Waals surface area contributed by atoms with E-state index in [1.54, 1.807) is 7.11 Å². The summed E-state index contributed by atoms with van der Waals surface area (Å²) < 4.78 is 10.6. The van der Waals surface area contributed by atoms with Gasteiger partial charge in [-0.2, -0.15) is 0 Å². The molecule has 0 saturated carbocycles. The fourth-order valence-electron chi connectivity index (χ4n) is 1.60. The Balaban J connectivity index is 4.34. The molecule has 0 fully saturated rings. The van der Waals surface area contributed by atoms with Crippen molar-refractivity contribution in [2.75, 3.05) is 13.7 Å². The zero-order valence-corrected chi connectivity index (χ0v) is 14.2. The Labute approximate surface area is 123 Å². The monoisotopic (exact) mass is 288 g/mol. The van der Waals surface area contributed by atoms with Gasteiger partial charge >= 0.3 is 6.09 Å². The highest BCUT2D eigenvalue weighted by Gasteiger charge is 2.22. The zero-order chi connectivity index (χ0) is 15.9. The van der Waals surface area contributed by atoms with Crippen molar-refractivity contribution in [3.05, 3.63) is 0 Å². The van der Waals surface area contributed by atoms with Crippen molar-refractivity contribution in [3.8, 4) is 0 Å². The number of alkyl carbamates (subject to hydrolysis) is 1. The summed E-state index contributed by atoms with van der Waals surface area (Å²) in [5.74, 6) is 0.320. The van der Waals surface area contributed by atoms with E-state index in [1.807, 2.05) is 27.7 Å². The van der Waals surface area contributed by atoms with E-state index in [4.69, 9.17) is 9.47 Å². The van der Waals surface area contributed by atoms with Gasteiger partial charge in [0.15, 0.2) is 0 Å². The lowest BCUT2D eigenvalue weighted by Gasteiger charge is -2.28. The van der Waals surface area contributed by atoms with Gasteiger partial charge in [-0.05, 0) is 40.5 Å². The number of hydrogen-bond acceptors (Lipinski definition) is 4. The van der Waals surface area contributed by atoms with E-state index in [0.29, 0.717) is 12.5 Å². The predicted octanol–water partition coefficient (Wildman–Crippen LogP) is 2.55. The number of methoxy groups -OCH3 is 1. The third kappa shape index (κ3) is 8.38. The normalized spacial score (nSPS) is 16.6. The quantitative estimate of drug-likeness (QED) is 0.756. The van der Waals surface area contributed by atoms with E-state index in [-0.39, 0.29) is 24.3 Å². The molecular weight excluding hydrogens is 256 g/mol. The lowest BCUT2D eigenvalue weighted by atomic mass is 10.0. The molecule has 0 aromatic carbocycles. The van der Waals surface area contributed by atoms with Crippen LogP contribution in [0.5, 0.6) is 0 Å². The van der Waals surface area contributed by atoms with Crippen LogP contribution < -0.4 is 10.6 Å². The predicted molar refractivity (Wildman–Crippen MR) is 81.9 cm³/mol. The van der Waals surface area contributed by atoms with Crippen molar-refractivity contribution in [3.63, 3.8) is 0 Å². The molecule has 120 valence electrons. The van der Waals surface area contributed by atoms with Crippen molar-refractivity contribution in [2.24, 2.45) is 5.92 Å². The number of carbonyl (C=O) groups is 1. The summed E-state index contributed by atoms with van der Waals surface area (Å²) in [5, 5.41) is 6.31. The van der Waals surface area contributed by atoms with E-state index in [1.165, 1.54) is 0 Å². The Morgan fingerprint density at radius 1 is 1.15 bits per heavy atom. The first-order valence-corrected chi connectivity index (χ1v) is 7.32. The zero-order valence-electron chi connectivity index (χ0n) is 14.2. The molecule has 0 radical (unpaired) electrons. The molecule has 0 bridgehead atoms. The third-order valence-corrected chi connectivity index (χ3v) is 3.24. The minimum absolute atomic E-state index is 0.0244. The van der Waals surface area contributed by atoms with E-state index >= 15 is 0 Å². The van der Waals surface area contributed by atoms with Crippen LogP contribution in [-0.4, -0.2) is 43.5 Å². The first kappa shape index (κ1) is 19.2. The van der Waals surface area contributed by atoms with Gasteiger partial charge in [0, 0.05) is 25.7 Å². The average molecular weight is 288 g/mol. The molecule has 0 heterocycles. The molecule has 0 rings (SSSR count). The second-order valence-electron chi connectivity index (χ2n) is 6.63. The van der Waals surface area contributed by atoms with E-state index in [2.05, 4.69) is 31.4 Å². The second-order valence-corrected chi connectivity index (χ2v) is 6.63. The van der Waals surface area contributed by atoms with Gasteiger partial charge in [0.2, 0.25) is 0 Å². The molecule has 1 amide bonds. The van der Waals surface area contributed by atoms with E-state index < -0.39 is 5.60 Å². The Hall–Kier alpha value is -0.810. The van der Waals surface area contributed by atoms with Gasteiger partial charge in [-0.15, -0.1) is 0 Å². The highest BCUT2D eigenvalue weighted by Crippen LogP contribution is 2.08. The number of amides is 1. The lowest BCUT2D eigenvalue weighted by molar-refractivity contribution is 0.0483. The maximum atomic E-state index is 11.8. The molecular formula is C15H32N2O3. The number of ether oxygens (including phenoxy) is 2. The lowest BCUT2D eigenvalue weighted by Crippen LogP contribution is -2.50. The molecule has 20 heavy (non-hydrogen) atoms. The number of rotatable bonds is 7. The standard InChI is InChI=1S/C15H32N2O3/c1-10(2)13(9-16-11(3)12(4)19-8)17-14(18)20-15(5,6)7/h10-13,16H,9H2,1-8H3,(H,17,18). The highest BCUT2D eigenvalue weighted by atomic mass is 16.6. The molecule has 3 unspecified atom stereocenters. The van der Waals surface area contributed by atoms with E-state index in [9.17, 15) is 4.79 Å². The summed E-state index contributed by atoms with van der Waals surface area (Å²) in [7, 11) is 1.70. The minimum atomic E-state index is -0.475. The average Bonchev–Trinajstić information content (AvgIpc) is 2.30. The summed E-state index contributed by atoms with van der Waals surface area (Å²) in [6.07, 6.45) is -0.241. The third-order valence-electron chi connectivity index (χ3n) is 3.24. The maximum Gasteiger partial charge on any atom is 0.407 e. The van der Waals surface area contributed by atoms with Crippen LogP contribution in [0.1, 0.15) is 48.5 Å². The van der Waals surface area contributed by atoms with Crippen LogP contribution >= 0.6 is 0 Å². The van der Waals surface area contributed by atoms with Crippen molar-refractivity contribution < 1.29 is 14.3 Å². The van der Waals surface area contributed by atoms with Crippen molar-refractivity contribution in [1.82, 2.24) is 10.6 Å². The van der Waals surface area contributed by atoms with Crippen LogP contribution in [0.3, 0.4) is 0 Å². The second kappa shape index (κ2) is 8.47. The van der Waals surface area contributed by atoms with Crippen molar-refractivity contribution >= 4 is 6.09 Å². The summed E-state index contributed by atoms with van der Waals surface area (Å²) in [4.78, 5) is 11.8. The molecule has 0 aliphatic rings. The van der Waals surface area contributed by atoms with E-state index in [0.717, 1.165) is 0 Å². The molecule has 0 aliphatic heterocycles. The number of nitrogens with one attached hydrogen (secondary N) is 2. The van der Waals surface area contributed by atoms with Gasteiger partial charge in [0.1, 0.15) is 5.60 Å². The molecule has 5 heteroatoms. The van der Waals surface area contributed by atoms with Gasteiger partial charge in [-0.1, -0.05) is 13.8 Å². The number of carbonyl (C=O) groups excluding carboxylic acids is 1. The smallest absolute Gasteiger partial charge is 0.407 e. The molecule has 0 aromatic heterocycles. The maximum absolute atomic E-state index is 11.8. The first-order valence-electron chi connectivity index (χ1n) is 7.32. The Morgan fingerprint density at radius 2 is 1.70 bits per heavy atom. The van der Waals surface area contributed by atoms with Crippen LogP contribution in [0, 0.1) is 5.92 Å². The Morgan fingerprint density at radius 3 is 2.10 bits per heavy atom. The Bertz CT molecular complexity index is 287. The van der Waals surface area contributed by atoms with Crippen LogP contribution in [0.25, 0.3) is 0 Å². The fourth-order valence-corrected chi connectivity index (χ4v) is 1.60. The topological polar surface area (TPSA) is 59.6 Å². The van der Waals surface area contributed by atoms with Crippen molar-refractivity contribution in [2.45, 2.75) is 72.3 Å². The molecule has 0 spiro atoms. The minimum Gasteiger partial charge on any atom is -0.444 e. The van der Waals surface area contributed by atoms with Gasteiger partial charge in [0.05, 0.1) is 6.10 Å². The molecule has 3 atom stereocenters. The van der Waals surface area contributed by atoms with Crippen LogP contribution in [-0.2, 0) is 9.47 Å². The SMILES string of the molecule is COC(C)C(C)NCC(NC(=O)OC(C)(C)C)C(C)C. The van der Waals surface area contributed by atoms with Gasteiger partial charge in [-0.25, -0.2) is 4.79 Å². The highest BCUT2D eigenvalue weighted by molar-refractivity contribution is 5.68. The number of hydrogen-bond donors (Lipinski definition) is 2. The molecule has 0 aromatic rings. The molecule has 2 N–H and O–H groups in total. The summed E-state index contributed by atoms with van der Waals surface area (Å²) >= 11 is 0. The van der Waals surface area contributed by atoms with Gasteiger partial charge < -0.3 is 20.1 Å². The van der Waals surface area contributed by atoms with Crippen LogP contribution in [0.2, 0.25) is 0 Å². The molecule has 0 saturated heterocycles. The first-order chi connectivity index (χ1) is 9.06. The molecule has 5 nitrogen and oxygen atoms in total. The van der Waals surface area contributed by atoms with Crippen LogP contribution in [0.4, 0.5) is 4.79 Å². The van der Waals surface area contributed by atoms with Crippen molar-refractivity contribution in [1.29, 1.82) is 0 Å². The van der Waals surface area contributed by atoms with Gasteiger partial charge in [-0.3, -0.25) is 0 Å². The Kier molecular flexibility index (Phi) is 8.13. The summed E-state index contributed by atoms with van der Waals surface area (Å²) in [6, 6.07) is 0.248. The molecule has 0 aliphatic carbocycles. The summed E-state index contributed by atoms with van der Waals surface area (Å²) in [5.41, 5.74) is -0.475.